The molecule has 0 bridgehead atoms. The summed E-state index contributed by atoms with van der Waals surface area (Å²) in [6, 6.07) is 6.49. The number of fused-ring (bicyclic) bond motifs is 1. The van der Waals surface area contributed by atoms with Crippen molar-refractivity contribution in [3.05, 3.63) is 36.2 Å². The lowest BCUT2D eigenvalue weighted by Gasteiger charge is -2.08. The number of nitrogens with two attached hydrogens (primary N) is 1. The number of hydrogen-bond acceptors (Lipinski definition) is 5. The summed E-state index contributed by atoms with van der Waals surface area (Å²) in [5, 5.41) is 17.1. The SMILES string of the molecule is COc1cc(-c2cc(C(N)=O)nc3[nH]ncc23)ccc1O. The molecule has 0 aliphatic heterocycles. The van der Waals surface area contributed by atoms with Crippen LogP contribution in [0.2, 0.25) is 0 Å². The van der Waals surface area contributed by atoms with Crippen LogP contribution in [-0.4, -0.2) is 33.3 Å². The molecule has 0 aliphatic carbocycles. The number of nitrogens with one attached hydrogen (secondary N) is 1. The van der Waals surface area contributed by atoms with Gasteiger partial charge in [0, 0.05) is 5.39 Å². The van der Waals surface area contributed by atoms with E-state index >= 15 is 0 Å². The van der Waals surface area contributed by atoms with Gasteiger partial charge in [-0.25, -0.2) is 4.98 Å². The Morgan fingerprint density at radius 2 is 2.19 bits per heavy atom. The third-order valence-electron chi connectivity index (χ3n) is 3.17. The average Bonchev–Trinajstić information content (AvgIpc) is 2.95. The number of primary amides is 1. The smallest absolute Gasteiger partial charge is 0.267 e. The van der Waals surface area contributed by atoms with Crippen molar-refractivity contribution < 1.29 is 14.6 Å². The Labute approximate surface area is 119 Å². The summed E-state index contributed by atoms with van der Waals surface area (Å²) in [4.78, 5) is 15.5. The zero-order valence-corrected chi connectivity index (χ0v) is 11.1. The lowest BCUT2D eigenvalue weighted by molar-refractivity contribution is 0.0996. The monoisotopic (exact) mass is 284 g/mol. The molecule has 0 fully saturated rings. The first-order chi connectivity index (χ1) is 10.1. The summed E-state index contributed by atoms with van der Waals surface area (Å²) in [7, 11) is 1.47. The number of phenols is 1. The standard InChI is InChI=1S/C14H12N4O3/c1-21-12-4-7(2-3-11(12)19)8-5-10(13(15)20)17-14-9(8)6-16-18-14/h2-6,19H,1H3,(H2,15,20)(H,16,17,18). The summed E-state index contributed by atoms with van der Waals surface area (Å²) in [6.45, 7) is 0. The van der Waals surface area contributed by atoms with Gasteiger partial charge in [0.25, 0.3) is 5.91 Å². The van der Waals surface area contributed by atoms with Crippen molar-refractivity contribution >= 4 is 16.9 Å². The van der Waals surface area contributed by atoms with Gasteiger partial charge >= 0.3 is 0 Å². The van der Waals surface area contributed by atoms with Crippen LogP contribution < -0.4 is 10.5 Å². The van der Waals surface area contributed by atoms with Crippen LogP contribution in [0.4, 0.5) is 0 Å². The van der Waals surface area contributed by atoms with Gasteiger partial charge < -0.3 is 15.6 Å². The van der Waals surface area contributed by atoms with Crippen molar-refractivity contribution in [2.24, 2.45) is 5.73 Å². The van der Waals surface area contributed by atoms with Gasteiger partial charge in [-0.15, -0.1) is 0 Å². The summed E-state index contributed by atoms with van der Waals surface area (Å²) >= 11 is 0. The lowest BCUT2D eigenvalue weighted by Crippen LogP contribution is -2.13. The van der Waals surface area contributed by atoms with Crippen LogP contribution in [-0.2, 0) is 0 Å². The first kappa shape index (κ1) is 12.9. The number of aromatic nitrogens is 3. The second-order valence-electron chi connectivity index (χ2n) is 4.44. The van der Waals surface area contributed by atoms with Crippen molar-refractivity contribution in [2.75, 3.05) is 7.11 Å². The van der Waals surface area contributed by atoms with E-state index in [-0.39, 0.29) is 11.4 Å². The third-order valence-corrected chi connectivity index (χ3v) is 3.17. The highest BCUT2D eigenvalue weighted by molar-refractivity contribution is 5.99. The first-order valence-corrected chi connectivity index (χ1v) is 6.11. The maximum Gasteiger partial charge on any atom is 0.267 e. The predicted molar refractivity (Wildman–Crippen MR) is 76.1 cm³/mol. The molecule has 0 saturated carbocycles. The lowest BCUT2D eigenvalue weighted by atomic mass is 10.0. The maximum absolute atomic E-state index is 11.4. The highest BCUT2D eigenvalue weighted by Gasteiger charge is 2.14. The number of aromatic hydroxyl groups is 1. The minimum atomic E-state index is -0.626. The molecular formula is C14H12N4O3. The van der Waals surface area contributed by atoms with E-state index in [4.69, 9.17) is 10.5 Å². The molecule has 0 spiro atoms. The highest BCUT2D eigenvalue weighted by Crippen LogP contribution is 2.34. The number of ether oxygens (including phenoxy) is 1. The normalized spacial score (nSPS) is 10.7. The van der Waals surface area contributed by atoms with Crippen LogP contribution in [0, 0.1) is 0 Å². The molecule has 0 aliphatic rings. The molecule has 2 heterocycles. The van der Waals surface area contributed by atoms with E-state index < -0.39 is 5.91 Å². The number of carbonyl (C=O) groups excluding carboxylic acids is 1. The molecule has 1 aromatic carbocycles. The van der Waals surface area contributed by atoms with Crippen LogP contribution in [0.15, 0.2) is 30.5 Å². The molecule has 0 saturated heterocycles. The fraction of sp³-hybridized carbons (Fsp3) is 0.0714. The molecule has 0 atom stereocenters. The van der Waals surface area contributed by atoms with Crippen LogP contribution in [0.5, 0.6) is 11.5 Å². The Bertz CT molecular complexity index is 841. The van der Waals surface area contributed by atoms with Gasteiger partial charge in [0.15, 0.2) is 17.1 Å². The van der Waals surface area contributed by atoms with Gasteiger partial charge in [-0.1, -0.05) is 6.07 Å². The van der Waals surface area contributed by atoms with Gasteiger partial charge in [0.05, 0.1) is 13.3 Å². The van der Waals surface area contributed by atoms with E-state index in [1.165, 1.54) is 13.2 Å². The van der Waals surface area contributed by atoms with Gasteiger partial charge in [-0.3, -0.25) is 9.89 Å². The van der Waals surface area contributed by atoms with Crippen LogP contribution >= 0.6 is 0 Å². The molecule has 3 aromatic rings. The van der Waals surface area contributed by atoms with Crippen molar-refractivity contribution in [3.63, 3.8) is 0 Å². The van der Waals surface area contributed by atoms with E-state index in [0.29, 0.717) is 11.4 Å². The number of carbonyl (C=O) groups is 1. The van der Waals surface area contributed by atoms with Crippen molar-refractivity contribution in [2.45, 2.75) is 0 Å². The third kappa shape index (κ3) is 2.14. The molecule has 4 N–H and O–H groups in total. The predicted octanol–water partition coefficient (Wildman–Crippen LogP) is 1.44. The molecule has 7 nitrogen and oxygen atoms in total. The first-order valence-electron chi connectivity index (χ1n) is 6.11. The molecular weight excluding hydrogens is 272 g/mol. The molecule has 1 amide bonds. The fourth-order valence-corrected chi connectivity index (χ4v) is 2.14. The molecule has 21 heavy (non-hydrogen) atoms. The van der Waals surface area contributed by atoms with Crippen molar-refractivity contribution in [3.8, 4) is 22.6 Å². The Balaban J connectivity index is 2.28. The number of aromatic amines is 1. The number of rotatable bonds is 3. The zero-order valence-electron chi connectivity index (χ0n) is 11.1. The quantitative estimate of drug-likeness (QED) is 0.673. The summed E-state index contributed by atoms with van der Waals surface area (Å²) in [6.07, 6.45) is 1.61. The van der Waals surface area contributed by atoms with Crippen molar-refractivity contribution in [1.82, 2.24) is 15.2 Å². The number of nitrogens with zero attached hydrogens (tertiary/aromatic N) is 2. The minimum absolute atomic E-state index is 0.0360. The van der Waals surface area contributed by atoms with E-state index in [1.54, 1.807) is 24.4 Å². The molecule has 0 radical (unpaired) electrons. The Hall–Kier alpha value is -3.09. The Kier molecular flexibility index (Phi) is 2.94. The second-order valence-corrected chi connectivity index (χ2v) is 4.44. The Morgan fingerprint density at radius 3 is 2.90 bits per heavy atom. The van der Waals surface area contributed by atoms with Crippen LogP contribution in [0.3, 0.4) is 0 Å². The molecule has 3 rings (SSSR count). The van der Waals surface area contributed by atoms with Crippen LogP contribution in [0.1, 0.15) is 10.5 Å². The summed E-state index contributed by atoms with van der Waals surface area (Å²) in [5.41, 5.74) is 7.37. The molecule has 0 unspecified atom stereocenters. The van der Waals surface area contributed by atoms with E-state index in [2.05, 4.69) is 15.2 Å². The molecule has 2 aromatic heterocycles. The second kappa shape index (κ2) is 4.78. The number of hydrogen-bond donors (Lipinski definition) is 3. The van der Waals surface area contributed by atoms with Crippen molar-refractivity contribution in [1.29, 1.82) is 0 Å². The number of amides is 1. The molecule has 7 heteroatoms. The highest BCUT2D eigenvalue weighted by atomic mass is 16.5. The summed E-state index contributed by atoms with van der Waals surface area (Å²) in [5.74, 6) is -0.256. The van der Waals surface area contributed by atoms with E-state index in [0.717, 1.165) is 16.5 Å². The summed E-state index contributed by atoms with van der Waals surface area (Å²) < 4.78 is 5.10. The largest absolute Gasteiger partial charge is 0.504 e. The van der Waals surface area contributed by atoms with Crippen LogP contribution in [0.25, 0.3) is 22.2 Å². The van der Waals surface area contributed by atoms with Gasteiger partial charge in [0.2, 0.25) is 0 Å². The average molecular weight is 284 g/mol. The topological polar surface area (TPSA) is 114 Å². The Morgan fingerprint density at radius 1 is 1.38 bits per heavy atom. The fourth-order valence-electron chi connectivity index (χ4n) is 2.14. The molecule has 106 valence electrons. The van der Waals surface area contributed by atoms with Gasteiger partial charge in [-0.2, -0.15) is 5.10 Å². The zero-order chi connectivity index (χ0) is 15.0. The minimum Gasteiger partial charge on any atom is -0.504 e. The number of methoxy groups -OCH3 is 1. The maximum atomic E-state index is 11.4. The van der Waals surface area contributed by atoms with E-state index in [1.807, 2.05) is 0 Å². The van der Waals surface area contributed by atoms with Gasteiger partial charge in [-0.05, 0) is 29.3 Å². The number of pyridine rings is 1. The number of H-pyrrole nitrogens is 1. The van der Waals surface area contributed by atoms with E-state index in [9.17, 15) is 9.90 Å². The number of phenolic OH excluding ortho intramolecular Hbond substituents is 1. The number of benzene rings is 1. The van der Waals surface area contributed by atoms with Gasteiger partial charge in [0.1, 0.15) is 5.69 Å².